The van der Waals surface area contributed by atoms with Gasteiger partial charge in [-0.15, -0.1) is 0 Å². The minimum absolute atomic E-state index is 0.00116. The van der Waals surface area contributed by atoms with Gasteiger partial charge in [-0.05, 0) is 38.2 Å². The van der Waals surface area contributed by atoms with E-state index >= 15 is 0 Å². The molecule has 19 heavy (non-hydrogen) atoms. The summed E-state index contributed by atoms with van der Waals surface area (Å²) in [6.07, 6.45) is 2.22. The van der Waals surface area contributed by atoms with E-state index in [2.05, 4.69) is 28.5 Å². The lowest BCUT2D eigenvalue weighted by Gasteiger charge is -2.17. The second kappa shape index (κ2) is 7.79. The van der Waals surface area contributed by atoms with Crippen LogP contribution in [-0.4, -0.2) is 44.5 Å². The number of sulfonamides is 1. The molecule has 0 saturated carbocycles. The summed E-state index contributed by atoms with van der Waals surface area (Å²) in [6.45, 7) is 7.38. The zero-order valence-corrected chi connectivity index (χ0v) is 12.8. The largest absolute Gasteiger partial charge is 0.304 e. The first-order valence-electron chi connectivity index (χ1n) is 6.33. The SMILES string of the molecule is CCN(CC)CCCNS(=O)(=O)c1cccnc1Cl. The number of rotatable bonds is 8. The van der Waals surface area contributed by atoms with Crippen LogP contribution in [0.3, 0.4) is 0 Å². The first kappa shape index (κ1) is 16.4. The molecule has 1 N–H and O–H groups in total. The smallest absolute Gasteiger partial charge is 0.243 e. The molecule has 0 aromatic carbocycles. The van der Waals surface area contributed by atoms with Gasteiger partial charge in [0.05, 0.1) is 0 Å². The van der Waals surface area contributed by atoms with E-state index in [1.807, 2.05) is 0 Å². The van der Waals surface area contributed by atoms with Gasteiger partial charge in [-0.2, -0.15) is 0 Å². The molecule has 1 heterocycles. The summed E-state index contributed by atoms with van der Waals surface area (Å²) in [5.74, 6) is 0. The molecule has 0 spiro atoms. The summed E-state index contributed by atoms with van der Waals surface area (Å²) in [5, 5.41) is -0.00116. The van der Waals surface area contributed by atoms with E-state index in [1.165, 1.54) is 12.3 Å². The minimum atomic E-state index is -3.57. The van der Waals surface area contributed by atoms with Crippen LogP contribution in [0, 0.1) is 0 Å². The van der Waals surface area contributed by atoms with E-state index in [1.54, 1.807) is 6.07 Å². The Labute approximate surface area is 120 Å². The number of nitrogens with one attached hydrogen (secondary N) is 1. The maximum Gasteiger partial charge on any atom is 0.243 e. The van der Waals surface area contributed by atoms with Crippen LogP contribution in [0.15, 0.2) is 23.2 Å². The molecular weight excluding hydrogens is 286 g/mol. The highest BCUT2D eigenvalue weighted by Crippen LogP contribution is 2.17. The first-order chi connectivity index (χ1) is 9.01. The number of hydrogen-bond donors (Lipinski definition) is 1. The molecule has 0 amide bonds. The van der Waals surface area contributed by atoms with Gasteiger partial charge in [0.25, 0.3) is 0 Å². The lowest BCUT2D eigenvalue weighted by molar-refractivity contribution is 0.300. The Bertz CT molecular complexity index is 490. The van der Waals surface area contributed by atoms with Crippen LogP contribution in [0.1, 0.15) is 20.3 Å². The van der Waals surface area contributed by atoms with Gasteiger partial charge >= 0.3 is 0 Å². The second-order valence-electron chi connectivity index (χ2n) is 4.07. The minimum Gasteiger partial charge on any atom is -0.304 e. The lowest BCUT2D eigenvalue weighted by Crippen LogP contribution is -2.30. The number of nitrogens with zero attached hydrogens (tertiary/aromatic N) is 2. The normalized spacial score (nSPS) is 12.0. The highest BCUT2D eigenvalue weighted by molar-refractivity contribution is 7.89. The quantitative estimate of drug-likeness (QED) is 0.587. The summed E-state index contributed by atoms with van der Waals surface area (Å²) >= 11 is 5.78. The van der Waals surface area contributed by atoms with Crippen molar-refractivity contribution in [3.05, 3.63) is 23.5 Å². The van der Waals surface area contributed by atoms with Crippen molar-refractivity contribution in [2.75, 3.05) is 26.2 Å². The van der Waals surface area contributed by atoms with Crippen LogP contribution >= 0.6 is 11.6 Å². The molecule has 0 aliphatic heterocycles. The third-order valence-electron chi connectivity index (χ3n) is 2.85. The molecule has 1 rings (SSSR count). The van der Waals surface area contributed by atoms with Crippen LogP contribution in [0.4, 0.5) is 0 Å². The summed E-state index contributed by atoms with van der Waals surface area (Å²) in [6, 6.07) is 3.00. The van der Waals surface area contributed by atoms with E-state index in [-0.39, 0.29) is 10.0 Å². The fourth-order valence-electron chi connectivity index (χ4n) is 1.70. The molecule has 0 fully saturated rings. The van der Waals surface area contributed by atoms with E-state index < -0.39 is 10.0 Å². The Hall–Kier alpha value is -0.690. The topological polar surface area (TPSA) is 62.3 Å². The number of aromatic nitrogens is 1. The van der Waals surface area contributed by atoms with Crippen molar-refractivity contribution in [3.8, 4) is 0 Å². The molecule has 0 saturated heterocycles. The molecule has 0 aliphatic rings. The molecule has 0 radical (unpaired) electrons. The molecule has 7 heteroatoms. The summed E-state index contributed by atoms with van der Waals surface area (Å²) < 4.78 is 26.5. The summed E-state index contributed by atoms with van der Waals surface area (Å²) in [4.78, 5) is 6.04. The monoisotopic (exact) mass is 305 g/mol. The van der Waals surface area contributed by atoms with Crippen molar-refractivity contribution in [2.24, 2.45) is 0 Å². The van der Waals surface area contributed by atoms with Crippen LogP contribution < -0.4 is 4.72 Å². The molecule has 1 aromatic heterocycles. The van der Waals surface area contributed by atoms with E-state index in [0.29, 0.717) is 6.54 Å². The number of halogens is 1. The third kappa shape index (κ3) is 5.06. The maximum absolute atomic E-state index is 12.0. The maximum atomic E-state index is 12.0. The van der Waals surface area contributed by atoms with Crippen molar-refractivity contribution in [3.63, 3.8) is 0 Å². The summed E-state index contributed by atoms with van der Waals surface area (Å²) in [7, 11) is -3.57. The van der Waals surface area contributed by atoms with Crippen molar-refractivity contribution in [2.45, 2.75) is 25.2 Å². The molecule has 0 aliphatic carbocycles. The lowest BCUT2D eigenvalue weighted by atomic mass is 10.4. The van der Waals surface area contributed by atoms with Crippen LogP contribution in [-0.2, 0) is 10.0 Å². The number of pyridine rings is 1. The van der Waals surface area contributed by atoms with Crippen molar-refractivity contribution in [1.29, 1.82) is 0 Å². The Morgan fingerprint density at radius 3 is 2.63 bits per heavy atom. The highest BCUT2D eigenvalue weighted by Gasteiger charge is 2.17. The predicted octanol–water partition coefficient (Wildman–Crippen LogP) is 1.75. The van der Waals surface area contributed by atoms with Crippen LogP contribution in [0.2, 0.25) is 5.15 Å². The molecule has 5 nitrogen and oxygen atoms in total. The Kier molecular flexibility index (Phi) is 6.71. The second-order valence-corrected chi connectivity index (χ2v) is 6.16. The number of hydrogen-bond acceptors (Lipinski definition) is 4. The molecule has 1 aromatic rings. The average Bonchev–Trinajstić information content (AvgIpc) is 2.39. The molecule has 0 atom stereocenters. The molecule has 0 bridgehead atoms. The zero-order chi connectivity index (χ0) is 14.3. The van der Waals surface area contributed by atoms with Crippen molar-refractivity contribution in [1.82, 2.24) is 14.6 Å². The summed E-state index contributed by atoms with van der Waals surface area (Å²) in [5.41, 5.74) is 0. The van der Waals surface area contributed by atoms with Crippen molar-refractivity contribution >= 4 is 21.6 Å². The van der Waals surface area contributed by atoms with E-state index in [4.69, 9.17) is 11.6 Å². The Morgan fingerprint density at radius 1 is 1.37 bits per heavy atom. The van der Waals surface area contributed by atoms with Gasteiger partial charge in [0.1, 0.15) is 10.0 Å². The third-order valence-corrected chi connectivity index (χ3v) is 4.76. The standard InChI is InChI=1S/C12H20ClN3O2S/c1-3-16(4-2)10-6-9-15-19(17,18)11-7-5-8-14-12(11)13/h5,7-8,15H,3-4,6,9-10H2,1-2H3. The average molecular weight is 306 g/mol. The van der Waals surface area contributed by atoms with Crippen molar-refractivity contribution < 1.29 is 8.42 Å². The van der Waals surface area contributed by atoms with Gasteiger partial charge < -0.3 is 4.90 Å². The Morgan fingerprint density at radius 2 is 2.05 bits per heavy atom. The van der Waals surface area contributed by atoms with Gasteiger partial charge in [-0.25, -0.2) is 18.1 Å². The van der Waals surface area contributed by atoms with Gasteiger partial charge in [0.2, 0.25) is 10.0 Å². The van der Waals surface area contributed by atoms with Gasteiger partial charge in [-0.1, -0.05) is 25.4 Å². The Balaban J connectivity index is 2.51. The fourth-order valence-corrected chi connectivity index (χ4v) is 3.22. The predicted molar refractivity (Wildman–Crippen MR) is 76.8 cm³/mol. The zero-order valence-electron chi connectivity index (χ0n) is 11.3. The van der Waals surface area contributed by atoms with Gasteiger partial charge in [0, 0.05) is 12.7 Å². The van der Waals surface area contributed by atoms with Crippen LogP contribution in [0.25, 0.3) is 0 Å². The van der Waals surface area contributed by atoms with Crippen LogP contribution in [0.5, 0.6) is 0 Å². The highest BCUT2D eigenvalue weighted by atomic mass is 35.5. The van der Waals surface area contributed by atoms with E-state index in [0.717, 1.165) is 26.1 Å². The fraction of sp³-hybridized carbons (Fsp3) is 0.583. The van der Waals surface area contributed by atoms with Gasteiger partial charge in [0.15, 0.2) is 0 Å². The molecule has 108 valence electrons. The van der Waals surface area contributed by atoms with Gasteiger partial charge in [-0.3, -0.25) is 0 Å². The molecular formula is C12H20ClN3O2S. The molecule has 0 unspecified atom stereocenters. The first-order valence-corrected chi connectivity index (χ1v) is 8.20. The van der Waals surface area contributed by atoms with E-state index in [9.17, 15) is 8.42 Å².